The molecule has 0 saturated carbocycles. The molecule has 0 aromatic carbocycles. The fourth-order valence-corrected chi connectivity index (χ4v) is 3.40. The Balaban J connectivity index is 3.59. The minimum atomic E-state index is -3.91. The molecule has 0 saturated heterocycles. The quantitative estimate of drug-likeness (QED) is 0.314. The fraction of sp³-hybridized carbons (Fsp3) is 1.00. The van der Waals surface area contributed by atoms with Crippen LogP contribution in [0.15, 0.2) is 0 Å². The van der Waals surface area contributed by atoms with Gasteiger partial charge in [-0.05, 0) is 32.0 Å². The molecular formula is C9H22NO5PS2. The van der Waals surface area contributed by atoms with E-state index in [-0.39, 0.29) is 23.7 Å². The molecule has 2 N–H and O–H groups in total. The van der Waals surface area contributed by atoms with Gasteiger partial charge in [-0.25, -0.2) is 8.42 Å². The topological polar surface area (TPSA) is 101 Å². The van der Waals surface area contributed by atoms with E-state index in [1.807, 2.05) is 0 Å². The van der Waals surface area contributed by atoms with Gasteiger partial charge in [-0.3, -0.25) is 4.55 Å². The molecule has 0 aliphatic carbocycles. The molecule has 18 heavy (non-hydrogen) atoms. The van der Waals surface area contributed by atoms with E-state index in [4.69, 9.17) is 4.55 Å². The smallest absolute Gasteiger partial charge is 0.264 e. The maximum Gasteiger partial charge on any atom is 0.264 e. The molecule has 6 nitrogen and oxygen atoms in total. The Bertz CT molecular complexity index is 407. The molecule has 110 valence electrons. The number of hydrogen-bond acceptors (Lipinski definition) is 5. The van der Waals surface area contributed by atoms with Crippen molar-refractivity contribution in [3.63, 3.8) is 0 Å². The molecule has 1 unspecified atom stereocenters. The zero-order chi connectivity index (χ0) is 14.1. The molecule has 0 rings (SSSR count). The molecule has 1 atom stereocenters. The number of unbranched alkanes of at least 4 members (excludes halogenated alkanes) is 1. The lowest BCUT2D eigenvalue weighted by Gasteiger charge is -2.05. The van der Waals surface area contributed by atoms with E-state index in [9.17, 15) is 16.8 Å². The highest BCUT2D eigenvalue weighted by molar-refractivity contribution is 7.91. The third-order valence-electron chi connectivity index (χ3n) is 2.26. The summed E-state index contributed by atoms with van der Waals surface area (Å²) in [6, 6.07) is 0. The van der Waals surface area contributed by atoms with Gasteiger partial charge in [-0.15, -0.1) is 9.24 Å². The van der Waals surface area contributed by atoms with Crippen LogP contribution in [0.5, 0.6) is 0 Å². The van der Waals surface area contributed by atoms with Crippen molar-refractivity contribution < 1.29 is 21.4 Å². The molecule has 0 aliphatic heterocycles. The third-order valence-corrected chi connectivity index (χ3v) is 5.20. The first-order chi connectivity index (χ1) is 8.27. The highest BCUT2D eigenvalue weighted by atomic mass is 32.2. The van der Waals surface area contributed by atoms with Crippen molar-refractivity contribution in [1.82, 2.24) is 5.32 Å². The zero-order valence-electron chi connectivity index (χ0n) is 10.3. The summed E-state index contributed by atoms with van der Waals surface area (Å²) < 4.78 is 52.3. The van der Waals surface area contributed by atoms with Gasteiger partial charge in [0.25, 0.3) is 10.1 Å². The Kier molecular flexibility index (Phi) is 9.33. The van der Waals surface area contributed by atoms with Crippen LogP contribution in [-0.4, -0.2) is 57.9 Å². The Morgan fingerprint density at radius 3 is 2.11 bits per heavy atom. The largest absolute Gasteiger partial charge is 0.316 e. The lowest BCUT2D eigenvalue weighted by Crippen LogP contribution is -2.26. The second kappa shape index (κ2) is 9.20. The van der Waals surface area contributed by atoms with Crippen LogP contribution in [0.3, 0.4) is 0 Å². The molecule has 0 aliphatic rings. The molecule has 0 aromatic heterocycles. The molecule has 0 fully saturated rings. The van der Waals surface area contributed by atoms with Crippen molar-refractivity contribution in [2.75, 3.05) is 36.5 Å². The normalized spacial score (nSPS) is 12.8. The summed E-state index contributed by atoms with van der Waals surface area (Å²) in [4.78, 5) is 0. The third kappa shape index (κ3) is 12.7. The standard InChI is InChI=1S/C9H22NO5PS2/c11-17(12,7-2-1-6-16)9-5-10-4-3-8-18(13,14)15/h10H,1-9,16H2,(H,13,14,15). The van der Waals surface area contributed by atoms with Gasteiger partial charge in [-0.1, -0.05) is 0 Å². The lowest BCUT2D eigenvalue weighted by atomic mass is 10.4. The van der Waals surface area contributed by atoms with Gasteiger partial charge >= 0.3 is 0 Å². The van der Waals surface area contributed by atoms with Gasteiger partial charge in [0.2, 0.25) is 0 Å². The highest BCUT2D eigenvalue weighted by Crippen LogP contribution is 1.99. The van der Waals surface area contributed by atoms with E-state index in [1.165, 1.54) is 0 Å². The summed E-state index contributed by atoms with van der Waals surface area (Å²) in [5.74, 6) is -0.0370. The molecule has 0 heterocycles. The highest BCUT2D eigenvalue weighted by Gasteiger charge is 2.09. The minimum absolute atomic E-state index is 0.0652. The second-order valence-corrected chi connectivity index (χ2v) is 8.49. The molecular weight excluding hydrogens is 297 g/mol. The predicted octanol–water partition coefficient (Wildman–Crippen LogP) is -0.0760. The molecule has 0 bridgehead atoms. The fourth-order valence-electron chi connectivity index (χ4n) is 1.30. The first-order valence-electron chi connectivity index (χ1n) is 5.83. The summed E-state index contributed by atoms with van der Waals surface area (Å²) in [7, 11) is -4.36. The predicted molar refractivity (Wildman–Crippen MR) is 76.4 cm³/mol. The Hall–Kier alpha value is 0.250. The van der Waals surface area contributed by atoms with Crippen LogP contribution in [0, 0.1) is 0 Å². The van der Waals surface area contributed by atoms with Gasteiger partial charge in [0.1, 0.15) is 0 Å². The molecule has 0 radical (unpaired) electrons. The molecule has 9 heteroatoms. The first kappa shape index (κ1) is 18.2. The van der Waals surface area contributed by atoms with Crippen molar-refractivity contribution in [3.8, 4) is 0 Å². The van der Waals surface area contributed by atoms with E-state index < -0.39 is 20.0 Å². The van der Waals surface area contributed by atoms with Crippen LogP contribution in [0.2, 0.25) is 0 Å². The lowest BCUT2D eigenvalue weighted by molar-refractivity contribution is 0.480. The monoisotopic (exact) mass is 319 g/mol. The summed E-state index contributed by atoms with van der Waals surface area (Å²) in [6.45, 7) is 0.690. The van der Waals surface area contributed by atoms with Crippen molar-refractivity contribution in [3.05, 3.63) is 0 Å². The van der Waals surface area contributed by atoms with Gasteiger partial charge in [-0.2, -0.15) is 8.42 Å². The second-order valence-electron chi connectivity index (χ2n) is 4.04. The van der Waals surface area contributed by atoms with Crippen LogP contribution >= 0.6 is 9.24 Å². The zero-order valence-corrected chi connectivity index (χ0v) is 13.1. The summed E-state index contributed by atoms with van der Waals surface area (Å²) in [5.41, 5.74) is 0. The van der Waals surface area contributed by atoms with Gasteiger partial charge in [0.05, 0.1) is 17.3 Å². The van der Waals surface area contributed by atoms with E-state index in [1.54, 1.807) is 0 Å². The Morgan fingerprint density at radius 2 is 1.56 bits per heavy atom. The summed E-state index contributed by atoms with van der Waals surface area (Å²) >= 11 is 0. The number of hydrogen-bond donors (Lipinski definition) is 2. The van der Waals surface area contributed by atoms with Crippen molar-refractivity contribution in [2.45, 2.75) is 19.3 Å². The van der Waals surface area contributed by atoms with E-state index in [0.29, 0.717) is 19.5 Å². The van der Waals surface area contributed by atoms with Crippen LogP contribution in [0.25, 0.3) is 0 Å². The maximum absolute atomic E-state index is 11.5. The van der Waals surface area contributed by atoms with Gasteiger partial charge in [0.15, 0.2) is 9.84 Å². The average Bonchev–Trinajstić information content (AvgIpc) is 2.22. The average molecular weight is 319 g/mol. The Morgan fingerprint density at radius 1 is 0.889 bits per heavy atom. The van der Waals surface area contributed by atoms with E-state index >= 15 is 0 Å². The number of nitrogens with one attached hydrogen (secondary N) is 1. The van der Waals surface area contributed by atoms with Crippen molar-refractivity contribution in [2.24, 2.45) is 0 Å². The number of sulfone groups is 1. The molecule has 0 spiro atoms. The van der Waals surface area contributed by atoms with E-state index in [0.717, 1.165) is 12.6 Å². The van der Waals surface area contributed by atoms with Gasteiger partial charge < -0.3 is 5.32 Å². The van der Waals surface area contributed by atoms with Crippen LogP contribution in [0.1, 0.15) is 19.3 Å². The SMILES string of the molecule is O=S(=O)(O)CCCNCCS(=O)(=O)CCCCP. The van der Waals surface area contributed by atoms with Crippen LogP contribution < -0.4 is 5.32 Å². The number of rotatable bonds is 11. The minimum Gasteiger partial charge on any atom is -0.316 e. The Labute approximate surface area is 112 Å². The maximum atomic E-state index is 11.5. The molecule has 0 amide bonds. The molecule has 0 aromatic rings. The van der Waals surface area contributed by atoms with Crippen LogP contribution in [-0.2, 0) is 20.0 Å². The van der Waals surface area contributed by atoms with Gasteiger partial charge in [0, 0.05) is 6.54 Å². The van der Waals surface area contributed by atoms with Crippen molar-refractivity contribution in [1.29, 1.82) is 0 Å². The van der Waals surface area contributed by atoms with Crippen molar-refractivity contribution >= 4 is 29.2 Å². The van der Waals surface area contributed by atoms with E-state index in [2.05, 4.69) is 14.6 Å². The summed E-state index contributed by atoms with van der Waals surface area (Å²) in [5, 5.41) is 2.85. The summed E-state index contributed by atoms with van der Waals surface area (Å²) in [6.07, 6.45) is 2.73. The van der Waals surface area contributed by atoms with Crippen LogP contribution in [0.4, 0.5) is 0 Å². The first-order valence-corrected chi connectivity index (χ1v) is 10.1.